The Hall–Kier alpha value is -3.13. The summed E-state index contributed by atoms with van der Waals surface area (Å²) in [6, 6.07) is 17.7. The number of carbonyl (C=O) groups is 2. The molecule has 0 spiro atoms. The van der Waals surface area contributed by atoms with Crippen LogP contribution in [0.3, 0.4) is 0 Å². The molecule has 2 heterocycles. The number of nitrogens with one attached hydrogen (secondary N) is 1. The third kappa shape index (κ3) is 5.76. The van der Waals surface area contributed by atoms with Gasteiger partial charge in [-0.05, 0) is 42.0 Å². The van der Waals surface area contributed by atoms with Crippen molar-refractivity contribution < 1.29 is 14.0 Å². The second-order valence-corrected chi connectivity index (χ2v) is 8.80. The first-order valence-corrected chi connectivity index (χ1v) is 11.7. The number of rotatable bonds is 7. The van der Waals surface area contributed by atoms with Crippen LogP contribution in [0, 0.1) is 12.8 Å². The van der Waals surface area contributed by atoms with Crippen molar-refractivity contribution in [2.75, 3.05) is 25.4 Å². The Morgan fingerprint density at radius 1 is 1.09 bits per heavy atom. The van der Waals surface area contributed by atoms with Crippen LogP contribution in [0.15, 0.2) is 64.2 Å². The Morgan fingerprint density at radius 3 is 2.56 bits per heavy atom. The molecule has 7 nitrogen and oxygen atoms in total. The molecule has 2 amide bonds. The third-order valence-electron chi connectivity index (χ3n) is 5.50. The Balaban J connectivity index is 1.25. The van der Waals surface area contributed by atoms with Gasteiger partial charge < -0.3 is 14.6 Å². The van der Waals surface area contributed by atoms with Gasteiger partial charge in [0.1, 0.15) is 0 Å². The predicted octanol–water partition coefficient (Wildman–Crippen LogP) is 3.81. The van der Waals surface area contributed by atoms with Crippen LogP contribution < -0.4 is 5.32 Å². The maximum absolute atomic E-state index is 12.6. The van der Waals surface area contributed by atoms with E-state index in [1.54, 1.807) is 6.92 Å². The summed E-state index contributed by atoms with van der Waals surface area (Å²) < 4.78 is 5.30. The van der Waals surface area contributed by atoms with Crippen LogP contribution in [0.1, 0.15) is 29.1 Å². The molecule has 166 valence electrons. The molecule has 8 heteroatoms. The molecule has 0 bridgehead atoms. The molecular formula is C24H26N4O3S. The Bertz CT molecular complexity index is 1050. The van der Waals surface area contributed by atoms with Gasteiger partial charge in [0.15, 0.2) is 0 Å². The zero-order valence-corrected chi connectivity index (χ0v) is 18.8. The first-order chi connectivity index (χ1) is 15.6. The Kier molecular flexibility index (Phi) is 7.21. The number of amides is 2. The fourth-order valence-electron chi connectivity index (χ4n) is 3.79. The summed E-state index contributed by atoms with van der Waals surface area (Å²) in [5.41, 5.74) is 2.84. The lowest BCUT2D eigenvalue weighted by Crippen LogP contribution is -2.44. The number of piperidine rings is 1. The lowest BCUT2D eigenvalue weighted by Gasteiger charge is -2.32. The monoisotopic (exact) mass is 450 g/mol. The van der Waals surface area contributed by atoms with Crippen LogP contribution >= 0.6 is 11.8 Å². The second kappa shape index (κ2) is 10.5. The zero-order chi connectivity index (χ0) is 22.3. The molecule has 0 unspecified atom stereocenters. The molecule has 1 atom stereocenters. The molecule has 1 saturated heterocycles. The van der Waals surface area contributed by atoms with Crippen LogP contribution in [0.25, 0.3) is 11.1 Å². The molecule has 3 aromatic rings. The smallest absolute Gasteiger partial charge is 0.277 e. The van der Waals surface area contributed by atoms with Crippen molar-refractivity contribution in [1.29, 1.82) is 0 Å². The molecule has 0 saturated carbocycles. The minimum absolute atomic E-state index is 0.0541. The highest BCUT2D eigenvalue weighted by Crippen LogP contribution is 2.21. The Morgan fingerprint density at radius 2 is 1.84 bits per heavy atom. The number of hydrogen-bond donors (Lipinski definition) is 1. The van der Waals surface area contributed by atoms with Crippen molar-refractivity contribution >= 4 is 23.6 Å². The number of aromatic nitrogens is 2. The van der Waals surface area contributed by atoms with Gasteiger partial charge in [-0.3, -0.25) is 9.59 Å². The number of likely N-dealkylation sites (tertiary alicyclic amines) is 1. The van der Waals surface area contributed by atoms with Crippen LogP contribution in [-0.4, -0.2) is 52.3 Å². The largest absolute Gasteiger partial charge is 0.416 e. The van der Waals surface area contributed by atoms with E-state index in [0.717, 1.165) is 30.5 Å². The molecule has 1 fully saturated rings. The predicted molar refractivity (Wildman–Crippen MR) is 123 cm³/mol. The zero-order valence-electron chi connectivity index (χ0n) is 18.0. The number of carbonyl (C=O) groups excluding carboxylic acids is 2. The highest BCUT2D eigenvalue weighted by atomic mass is 32.2. The number of hydrogen-bond acceptors (Lipinski definition) is 6. The van der Waals surface area contributed by atoms with E-state index in [1.165, 1.54) is 11.8 Å². The van der Waals surface area contributed by atoms with Gasteiger partial charge in [-0.2, -0.15) is 0 Å². The first-order valence-electron chi connectivity index (χ1n) is 10.7. The van der Waals surface area contributed by atoms with E-state index in [-0.39, 0.29) is 23.5 Å². The van der Waals surface area contributed by atoms with Gasteiger partial charge in [-0.15, -0.1) is 10.2 Å². The normalized spacial score (nSPS) is 16.0. The summed E-state index contributed by atoms with van der Waals surface area (Å²) in [4.78, 5) is 27.0. The third-order valence-corrected chi connectivity index (χ3v) is 6.31. The van der Waals surface area contributed by atoms with Crippen molar-refractivity contribution in [3.05, 3.63) is 66.1 Å². The highest BCUT2D eigenvalue weighted by Gasteiger charge is 2.24. The summed E-state index contributed by atoms with van der Waals surface area (Å²) in [5, 5.41) is 11.1. The van der Waals surface area contributed by atoms with Crippen molar-refractivity contribution in [1.82, 2.24) is 20.4 Å². The molecule has 0 radical (unpaired) electrons. The van der Waals surface area contributed by atoms with Crippen molar-refractivity contribution in [2.24, 2.45) is 5.92 Å². The highest BCUT2D eigenvalue weighted by molar-refractivity contribution is 7.99. The minimum atomic E-state index is -0.0876. The van der Waals surface area contributed by atoms with E-state index in [1.807, 2.05) is 59.5 Å². The van der Waals surface area contributed by atoms with Crippen LogP contribution in [0.2, 0.25) is 0 Å². The fraction of sp³-hybridized carbons (Fsp3) is 0.333. The van der Waals surface area contributed by atoms with Crippen molar-refractivity contribution in [3.8, 4) is 11.1 Å². The number of aryl methyl sites for hydroxylation is 1. The first kappa shape index (κ1) is 22.1. The van der Waals surface area contributed by atoms with Crippen molar-refractivity contribution in [3.63, 3.8) is 0 Å². The van der Waals surface area contributed by atoms with Crippen molar-refractivity contribution in [2.45, 2.75) is 25.0 Å². The van der Waals surface area contributed by atoms with Crippen LogP contribution in [0.5, 0.6) is 0 Å². The van der Waals surface area contributed by atoms with E-state index >= 15 is 0 Å². The van der Waals surface area contributed by atoms with E-state index < -0.39 is 0 Å². The lowest BCUT2D eigenvalue weighted by atomic mass is 9.97. The van der Waals surface area contributed by atoms with Crippen LogP contribution in [-0.2, 0) is 4.79 Å². The quantitative estimate of drug-likeness (QED) is 0.551. The molecule has 1 N–H and O–H groups in total. The molecule has 0 aliphatic carbocycles. The second-order valence-electron chi connectivity index (χ2n) is 7.88. The minimum Gasteiger partial charge on any atom is -0.416 e. The summed E-state index contributed by atoms with van der Waals surface area (Å²) in [6.45, 7) is 3.67. The van der Waals surface area contributed by atoms with Gasteiger partial charge in [0, 0.05) is 32.1 Å². The summed E-state index contributed by atoms with van der Waals surface area (Å²) in [6.07, 6.45) is 1.93. The molecule has 1 aliphatic rings. The SMILES string of the molecule is Cc1nnc(SCC(=O)N2CCC[C@@H](CNC(=O)c3ccc(-c4ccccc4)cc3)C2)o1. The van der Waals surface area contributed by atoms with Gasteiger partial charge in [-0.25, -0.2) is 0 Å². The Labute approximate surface area is 191 Å². The summed E-state index contributed by atoms with van der Waals surface area (Å²) in [5.74, 6) is 0.974. The molecule has 1 aliphatic heterocycles. The van der Waals surface area contributed by atoms with Gasteiger partial charge in [0.2, 0.25) is 11.8 Å². The average molecular weight is 451 g/mol. The fourth-order valence-corrected chi connectivity index (χ4v) is 4.50. The molecular weight excluding hydrogens is 424 g/mol. The number of nitrogens with zero attached hydrogens (tertiary/aromatic N) is 3. The van der Waals surface area contributed by atoms with Gasteiger partial charge in [-0.1, -0.05) is 54.2 Å². The van der Waals surface area contributed by atoms with Gasteiger partial charge >= 0.3 is 0 Å². The van der Waals surface area contributed by atoms with E-state index in [2.05, 4.69) is 15.5 Å². The average Bonchev–Trinajstić information content (AvgIpc) is 3.27. The maximum Gasteiger partial charge on any atom is 0.277 e. The van der Waals surface area contributed by atoms with Gasteiger partial charge in [0.25, 0.3) is 11.1 Å². The summed E-state index contributed by atoms with van der Waals surface area (Å²) >= 11 is 1.26. The maximum atomic E-state index is 12.6. The number of benzene rings is 2. The topological polar surface area (TPSA) is 88.3 Å². The van der Waals surface area contributed by atoms with Crippen LogP contribution in [0.4, 0.5) is 0 Å². The molecule has 2 aromatic carbocycles. The summed E-state index contributed by atoms with van der Waals surface area (Å²) in [7, 11) is 0. The van der Waals surface area contributed by atoms with Gasteiger partial charge in [0.05, 0.1) is 5.75 Å². The van der Waals surface area contributed by atoms with E-state index in [4.69, 9.17) is 4.42 Å². The van der Waals surface area contributed by atoms with E-state index in [0.29, 0.717) is 29.8 Å². The van der Waals surface area contributed by atoms with E-state index in [9.17, 15) is 9.59 Å². The molecule has 1 aromatic heterocycles. The molecule has 32 heavy (non-hydrogen) atoms. The standard InChI is InChI=1S/C24H26N4O3S/c1-17-26-27-24(31-17)32-16-22(29)28-13-5-6-18(15-28)14-25-23(30)21-11-9-20(10-12-21)19-7-3-2-4-8-19/h2-4,7-12,18H,5-6,13-16H2,1H3,(H,25,30)/t18-/m0/s1. The number of thioether (sulfide) groups is 1. The molecule has 4 rings (SSSR count). The lowest BCUT2D eigenvalue weighted by molar-refractivity contribution is -0.130.